The summed E-state index contributed by atoms with van der Waals surface area (Å²) >= 11 is 5.88. The van der Waals surface area contributed by atoms with E-state index in [-0.39, 0.29) is 22.8 Å². The van der Waals surface area contributed by atoms with Crippen LogP contribution in [-0.2, 0) is 16.1 Å². The van der Waals surface area contributed by atoms with Crippen LogP contribution >= 0.6 is 11.6 Å². The Hall–Kier alpha value is -3.00. The predicted molar refractivity (Wildman–Crippen MR) is 95.9 cm³/mol. The van der Waals surface area contributed by atoms with Gasteiger partial charge in [0.1, 0.15) is 5.82 Å². The molecule has 0 spiro atoms. The Kier molecular flexibility index (Phi) is 6.46. The van der Waals surface area contributed by atoms with E-state index in [4.69, 9.17) is 16.3 Å². The average molecular weight is 395 g/mol. The van der Waals surface area contributed by atoms with E-state index in [1.54, 1.807) is 6.07 Å². The minimum atomic E-state index is -1.12. The van der Waals surface area contributed by atoms with Gasteiger partial charge in [-0.1, -0.05) is 23.7 Å². The molecule has 2 aromatic rings. The van der Waals surface area contributed by atoms with Gasteiger partial charge in [0.25, 0.3) is 11.6 Å². The van der Waals surface area contributed by atoms with Crippen molar-refractivity contribution in [3.63, 3.8) is 0 Å². The molecule has 0 radical (unpaired) electrons. The van der Waals surface area contributed by atoms with Gasteiger partial charge in [-0.2, -0.15) is 0 Å². The van der Waals surface area contributed by atoms with Gasteiger partial charge >= 0.3 is 5.97 Å². The van der Waals surface area contributed by atoms with E-state index in [9.17, 15) is 24.1 Å². The Morgan fingerprint density at radius 1 is 1.30 bits per heavy atom. The van der Waals surface area contributed by atoms with Crippen LogP contribution in [0.25, 0.3) is 0 Å². The maximum atomic E-state index is 13.2. The third-order valence-electron chi connectivity index (χ3n) is 3.70. The lowest BCUT2D eigenvalue weighted by molar-refractivity contribution is -0.384. The fourth-order valence-corrected chi connectivity index (χ4v) is 2.61. The molecule has 2 rings (SSSR count). The van der Waals surface area contributed by atoms with Gasteiger partial charge in [-0.05, 0) is 30.7 Å². The molecular formula is C18H16ClFN2O5. The number of benzene rings is 2. The highest BCUT2D eigenvalue weighted by atomic mass is 35.5. The molecule has 0 aromatic heterocycles. The molecule has 1 atom stereocenters. The average Bonchev–Trinajstić information content (AvgIpc) is 2.60. The van der Waals surface area contributed by atoms with Gasteiger partial charge in [-0.25, -0.2) is 9.18 Å². The summed E-state index contributed by atoms with van der Waals surface area (Å²) in [5.41, 5.74) is 0.230. The number of nitro groups is 1. The van der Waals surface area contributed by atoms with Crippen molar-refractivity contribution in [1.29, 1.82) is 0 Å². The van der Waals surface area contributed by atoms with Crippen LogP contribution in [0.5, 0.6) is 0 Å². The summed E-state index contributed by atoms with van der Waals surface area (Å²) in [5, 5.41) is 10.6. The zero-order chi connectivity index (χ0) is 20.1. The molecule has 0 saturated heterocycles. The Morgan fingerprint density at radius 2 is 2.00 bits per heavy atom. The maximum Gasteiger partial charge on any atom is 0.340 e. The van der Waals surface area contributed by atoms with Gasteiger partial charge in [0.15, 0.2) is 6.10 Å². The number of likely N-dealkylation sites (N-methyl/N-ethyl adjacent to an activating group) is 1. The number of nitrogens with zero attached hydrogens (tertiary/aromatic N) is 2. The number of rotatable bonds is 6. The van der Waals surface area contributed by atoms with Crippen molar-refractivity contribution in [2.24, 2.45) is 0 Å². The SMILES string of the molecule is C[C@@H](OC(=O)c1ccc([N+](=O)[O-])cc1Cl)C(=O)N(C)Cc1cccc(F)c1. The summed E-state index contributed by atoms with van der Waals surface area (Å²) in [6, 6.07) is 9.10. The van der Waals surface area contributed by atoms with Crippen LogP contribution in [-0.4, -0.2) is 34.9 Å². The lowest BCUT2D eigenvalue weighted by Gasteiger charge is -2.21. The molecule has 0 bridgehead atoms. The highest BCUT2D eigenvalue weighted by Gasteiger charge is 2.24. The highest BCUT2D eigenvalue weighted by molar-refractivity contribution is 6.33. The van der Waals surface area contributed by atoms with Crippen LogP contribution in [0.4, 0.5) is 10.1 Å². The highest BCUT2D eigenvalue weighted by Crippen LogP contribution is 2.23. The monoisotopic (exact) mass is 394 g/mol. The molecule has 27 heavy (non-hydrogen) atoms. The van der Waals surface area contributed by atoms with Gasteiger partial charge in [0.2, 0.25) is 0 Å². The van der Waals surface area contributed by atoms with E-state index in [0.29, 0.717) is 5.56 Å². The van der Waals surface area contributed by atoms with Gasteiger partial charge in [-0.15, -0.1) is 0 Å². The summed E-state index contributed by atoms with van der Waals surface area (Å²) in [4.78, 5) is 35.9. The van der Waals surface area contributed by atoms with E-state index in [0.717, 1.165) is 18.2 Å². The topological polar surface area (TPSA) is 89.7 Å². The number of non-ortho nitro benzene ring substituents is 1. The number of ether oxygens (including phenoxy) is 1. The summed E-state index contributed by atoms with van der Waals surface area (Å²) in [6.07, 6.45) is -1.12. The van der Waals surface area contributed by atoms with Gasteiger partial charge in [0.05, 0.1) is 15.5 Å². The first-order valence-electron chi connectivity index (χ1n) is 7.83. The fourth-order valence-electron chi connectivity index (χ4n) is 2.36. The summed E-state index contributed by atoms with van der Waals surface area (Å²) < 4.78 is 18.3. The molecule has 0 fully saturated rings. The van der Waals surface area contributed by atoms with Crippen LogP contribution in [0.1, 0.15) is 22.8 Å². The number of carbonyl (C=O) groups is 2. The molecule has 2 aromatic carbocycles. The first-order chi connectivity index (χ1) is 12.7. The Morgan fingerprint density at radius 3 is 2.59 bits per heavy atom. The van der Waals surface area contributed by atoms with E-state index < -0.39 is 28.7 Å². The number of nitro benzene ring substituents is 1. The second-order valence-corrected chi connectivity index (χ2v) is 6.20. The standard InChI is InChI=1S/C18H16ClFN2O5/c1-11(17(23)21(2)10-12-4-3-5-13(20)8-12)27-18(24)15-7-6-14(22(25)26)9-16(15)19/h3-9,11H,10H2,1-2H3/t11-/m1/s1. The van der Waals surface area contributed by atoms with Crippen molar-refractivity contribution < 1.29 is 23.6 Å². The molecule has 0 aliphatic heterocycles. The first-order valence-corrected chi connectivity index (χ1v) is 8.21. The Bertz CT molecular complexity index is 890. The van der Waals surface area contributed by atoms with Crippen LogP contribution < -0.4 is 0 Å². The fraction of sp³-hybridized carbons (Fsp3) is 0.222. The Labute approximate surface area is 159 Å². The molecule has 0 aliphatic rings. The van der Waals surface area contributed by atoms with Crippen molar-refractivity contribution >= 4 is 29.2 Å². The molecule has 0 N–H and O–H groups in total. The number of carbonyl (C=O) groups excluding carboxylic acids is 2. The minimum absolute atomic E-state index is 0.0882. The normalized spacial score (nSPS) is 11.6. The zero-order valence-corrected chi connectivity index (χ0v) is 15.3. The first kappa shape index (κ1) is 20.3. The molecule has 9 heteroatoms. The van der Waals surface area contributed by atoms with Crippen LogP contribution in [0.2, 0.25) is 5.02 Å². The number of halogens is 2. The van der Waals surface area contributed by atoms with Crippen LogP contribution in [0.15, 0.2) is 42.5 Å². The van der Waals surface area contributed by atoms with Crippen molar-refractivity contribution in [3.8, 4) is 0 Å². The minimum Gasteiger partial charge on any atom is -0.449 e. The summed E-state index contributed by atoms with van der Waals surface area (Å²) in [7, 11) is 1.50. The lowest BCUT2D eigenvalue weighted by atomic mass is 10.2. The largest absolute Gasteiger partial charge is 0.449 e. The van der Waals surface area contributed by atoms with E-state index in [2.05, 4.69) is 0 Å². The number of esters is 1. The van der Waals surface area contributed by atoms with Gasteiger partial charge in [-0.3, -0.25) is 14.9 Å². The second kappa shape index (κ2) is 8.59. The lowest BCUT2D eigenvalue weighted by Crippen LogP contribution is -2.37. The van der Waals surface area contributed by atoms with Crippen LogP contribution in [0.3, 0.4) is 0 Å². The molecule has 1 amide bonds. The molecule has 0 saturated carbocycles. The number of amides is 1. The molecular weight excluding hydrogens is 379 g/mol. The summed E-state index contributed by atoms with van der Waals surface area (Å²) in [6.45, 7) is 1.53. The predicted octanol–water partition coefficient (Wildman–Crippen LogP) is 3.59. The van der Waals surface area contributed by atoms with E-state index >= 15 is 0 Å². The van der Waals surface area contributed by atoms with Crippen molar-refractivity contribution in [1.82, 2.24) is 4.90 Å². The van der Waals surface area contributed by atoms with Gasteiger partial charge < -0.3 is 9.64 Å². The van der Waals surface area contributed by atoms with Crippen molar-refractivity contribution in [3.05, 3.63) is 74.5 Å². The number of hydrogen-bond acceptors (Lipinski definition) is 5. The zero-order valence-electron chi connectivity index (χ0n) is 14.5. The molecule has 142 valence electrons. The van der Waals surface area contributed by atoms with Crippen LogP contribution in [0, 0.1) is 15.9 Å². The second-order valence-electron chi connectivity index (χ2n) is 5.79. The molecule has 0 unspecified atom stereocenters. The summed E-state index contributed by atoms with van der Waals surface area (Å²) in [5.74, 6) is -1.79. The maximum absolute atomic E-state index is 13.2. The van der Waals surface area contributed by atoms with E-state index in [1.165, 1.54) is 37.1 Å². The quantitative estimate of drug-likeness (QED) is 0.424. The van der Waals surface area contributed by atoms with Crippen molar-refractivity contribution in [2.75, 3.05) is 7.05 Å². The van der Waals surface area contributed by atoms with Gasteiger partial charge in [0, 0.05) is 25.7 Å². The third-order valence-corrected chi connectivity index (χ3v) is 4.01. The third kappa shape index (κ3) is 5.24. The molecule has 0 aliphatic carbocycles. The smallest absolute Gasteiger partial charge is 0.340 e. The van der Waals surface area contributed by atoms with E-state index in [1.807, 2.05) is 0 Å². The Balaban J connectivity index is 2.02. The molecule has 7 nitrogen and oxygen atoms in total. The van der Waals surface area contributed by atoms with Crippen molar-refractivity contribution in [2.45, 2.75) is 19.6 Å². The number of hydrogen-bond donors (Lipinski definition) is 0. The molecule has 0 heterocycles.